The van der Waals surface area contributed by atoms with Crippen molar-refractivity contribution in [1.82, 2.24) is 9.88 Å². The molecule has 5 heteroatoms. The largest absolute Gasteiger partial charge is 0.480 e. The third-order valence-corrected chi connectivity index (χ3v) is 2.59. The highest BCUT2D eigenvalue weighted by Gasteiger charge is 2.38. The highest BCUT2D eigenvalue weighted by molar-refractivity contribution is 6.00. The molecular weight excluding hydrogens is 220 g/mol. The van der Waals surface area contributed by atoms with Gasteiger partial charge in [0.2, 0.25) is 5.91 Å². The van der Waals surface area contributed by atoms with E-state index in [-0.39, 0.29) is 0 Å². The van der Waals surface area contributed by atoms with Crippen LogP contribution in [-0.4, -0.2) is 33.9 Å². The van der Waals surface area contributed by atoms with Gasteiger partial charge in [0.1, 0.15) is 5.41 Å². The fourth-order valence-electron chi connectivity index (χ4n) is 1.40. The van der Waals surface area contributed by atoms with Gasteiger partial charge in [-0.1, -0.05) is 0 Å². The zero-order valence-corrected chi connectivity index (χ0v) is 10.2. The van der Waals surface area contributed by atoms with Gasteiger partial charge in [0.15, 0.2) is 0 Å². The topological polar surface area (TPSA) is 70.5 Å². The molecule has 0 unspecified atom stereocenters. The Hall–Kier alpha value is -1.91. The number of pyridine rings is 1. The van der Waals surface area contributed by atoms with Gasteiger partial charge in [-0.3, -0.25) is 14.6 Å². The second kappa shape index (κ2) is 4.95. The second-order valence-corrected chi connectivity index (χ2v) is 4.45. The number of aliphatic carboxylic acids is 1. The maximum Gasteiger partial charge on any atom is 0.318 e. The van der Waals surface area contributed by atoms with Gasteiger partial charge < -0.3 is 10.0 Å². The van der Waals surface area contributed by atoms with Crippen LogP contribution in [0.2, 0.25) is 0 Å². The molecule has 1 amide bonds. The molecule has 0 aliphatic carbocycles. The summed E-state index contributed by atoms with van der Waals surface area (Å²) < 4.78 is 0. The van der Waals surface area contributed by atoms with Crippen LogP contribution in [-0.2, 0) is 16.1 Å². The third kappa shape index (κ3) is 3.03. The number of nitrogens with zero attached hydrogens (tertiary/aromatic N) is 2. The summed E-state index contributed by atoms with van der Waals surface area (Å²) in [6.07, 6.45) is 3.27. The molecule has 0 saturated heterocycles. The number of carboxylic acids is 1. The fraction of sp³-hybridized carbons (Fsp3) is 0.417. The molecule has 0 radical (unpaired) electrons. The van der Waals surface area contributed by atoms with E-state index in [2.05, 4.69) is 4.98 Å². The van der Waals surface area contributed by atoms with Gasteiger partial charge >= 0.3 is 5.97 Å². The molecule has 0 bridgehead atoms. The number of aromatic nitrogens is 1. The normalized spacial score (nSPS) is 11.0. The lowest BCUT2D eigenvalue weighted by Gasteiger charge is -2.25. The van der Waals surface area contributed by atoms with Gasteiger partial charge in [0.25, 0.3) is 0 Å². The minimum atomic E-state index is -1.40. The SMILES string of the molecule is CN(Cc1ccncc1)C(=O)C(C)(C)C(=O)O. The van der Waals surface area contributed by atoms with Gasteiger partial charge in [0, 0.05) is 26.0 Å². The predicted molar refractivity (Wildman–Crippen MR) is 62.1 cm³/mol. The summed E-state index contributed by atoms with van der Waals surface area (Å²) in [5, 5.41) is 8.97. The Kier molecular flexibility index (Phi) is 3.83. The number of rotatable bonds is 4. The molecule has 0 spiro atoms. The van der Waals surface area contributed by atoms with Gasteiger partial charge in [-0.25, -0.2) is 0 Å². The average molecular weight is 236 g/mol. The molecule has 1 aromatic heterocycles. The Balaban J connectivity index is 2.75. The molecule has 1 rings (SSSR count). The first kappa shape index (κ1) is 13.2. The maximum absolute atomic E-state index is 11.9. The van der Waals surface area contributed by atoms with E-state index in [4.69, 9.17) is 5.11 Å². The van der Waals surface area contributed by atoms with Crippen molar-refractivity contribution in [3.8, 4) is 0 Å². The van der Waals surface area contributed by atoms with Crippen molar-refractivity contribution in [1.29, 1.82) is 0 Å². The minimum Gasteiger partial charge on any atom is -0.480 e. The first-order chi connectivity index (χ1) is 7.85. The summed E-state index contributed by atoms with van der Waals surface area (Å²) in [7, 11) is 1.59. The van der Waals surface area contributed by atoms with E-state index in [0.29, 0.717) is 6.54 Å². The number of carboxylic acid groups (broad SMARTS) is 1. The van der Waals surface area contributed by atoms with Crippen molar-refractivity contribution < 1.29 is 14.7 Å². The lowest BCUT2D eigenvalue weighted by atomic mass is 9.92. The van der Waals surface area contributed by atoms with Crippen molar-refractivity contribution in [3.05, 3.63) is 30.1 Å². The molecule has 1 aromatic rings. The van der Waals surface area contributed by atoms with E-state index in [9.17, 15) is 9.59 Å². The second-order valence-electron chi connectivity index (χ2n) is 4.45. The van der Waals surface area contributed by atoms with Crippen molar-refractivity contribution in [3.63, 3.8) is 0 Å². The monoisotopic (exact) mass is 236 g/mol. The molecule has 0 aliphatic heterocycles. The first-order valence-corrected chi connectivity index (χ1v) is 5.23. The van der Waals surface area contributed by atoms with Crippen molar-refractivity contribution >= 4 is 11.9 Å². The van der Waals surface area contributed by atoms with Gasteiger partial charge in [-0.15, -0.1) is 0 Å². The van der Waals surface area contributed by atoms with Crippen LogP contribution in [0.25, 0.3) is 0 Å². The van der Waals surface area contributed by atoms with Crippen LogP contribution in [0.3, 0.4) is 0 Å². The summed E-state index contributed by atoms with van der Waals surface area (Å²) in [5.74, 6) is -1.54. The Morgan fingerprint density at radius 1 is 1.35 bits per heavy atom. The zero-order chi connectivity index (χ0) is 13.1. The molecular formula is C12H16N2O3. The fourth-order valence-corrected chi connectivity index (χ4v) is 1.40. The molecule has 1 N–H and O–H groups in total. The van der Waals surface area contributed by atoms with Crippen molar-refractivity contribution in [2.24, 2.45) is 5.41 Å². The summed E-state index contributed by atoms with van der Waals surface area (Å²) in [6.45, 7) is 3.18. The molecule has 0 atom stereocenters. The Bertz CT molecular complexity index is 415. The van der Waals surface area contributed by atoms with Gasteiger partial charge in [-0.2, -0.15) is 0 Å². The molecule has 0 fully saturated rings. The standard InChI is InChI=1S/C12H16N2O3/c1-12(2,11(16)17)10(15)14(3)8-9-4-6-13-7-5-9/h4-7H,8H2,1-3H3,(H,16,17). The molecule has 0 aliphatic rings. The van der Waals surface area contributed by atoms with E-state index >= 15 is 0 Å². The average Bonchev–Trinajstić information content (AvgIpc) is 2.29. The summed E-state index contributed by atoms with van der Waals surface area (Å²) in [4.78, 5) is 28.2. The number of carbonyl (C=O) groups is 2. The highest BCUT2D eigenvalue weighted by Crippen LogP contribution is 2.19. The Morgan fingerprint density at radius 3 is 2.35 bits per heavy atom. The number of amides is 1. The van der Waals surface area contributed by atoms with Crippen molar-refractivity contribution in [2.75, 3.05) is 7.05 Å². The third-order valence-electron chi connectivity index (χ3n) is 2.59. The molecule has 1 heterocycles. The summed E-state index contributed by atoms with van der Waals surface area (Å²) >= 11 is 0. The molecule has 0 aromatic carbocycles. The maximum atomic E-state index is 11.9. The highest BCUT2D eigenvalue weighted by atomic mass is 16.4. The van der Waals surface area contributed by atoms with Gasteiger partial charge in [0.05, 0.1) is 0 Å². The van der Waals surface area contributed by atoms with Crippen molar-refractivity contribution in [2.45, 2.75) is 20.4 Å². The molecule has 0 saturated carbocycles. The van der Waals surface area contributed by atoms with Crippen LogP contribution in [0.4, 0.5) is 0 Å². The van der Waals surface area contributed by atoms with Crippen LogP contribution in [0.15, 0.2) is 24.5 Å². The van der Waals surface area contributed by atoms with Crippen LogP contribution in [0.1, 0.15) is 19.4 Å². The Labute approximate surface area is 100 Å². The quantitative estimate of drug-likeness (QED) is 0.796. The van der Waals surface area contributed by atoms with E-state index in [0.717, 1.165) is 5.56 Å². The molecule has 92 valence electrons. The van der Waals surface area contributed by atoms with E-state index in [1.165, 1.54) is 18.7 Å². The van der Waals surface area contributed by atoms with Crippen LogP contribution in [0, 0.1) is 5.41 Å². The van der Waals surface area contributed by atoms with Gasteiger partial charge in [-0.05, 0) is 31.5 Å². The van der Waals surface area contributed by atoms with Crippen LogP contribution < -0.4 is 0 Å². The lowest BCUT2D eigenvalue weighted by Crippen LogP contribution is -2.43. The first-order valence-electron chi connectivity index (χ1n) is 5.23. The minimum absolute atomic E-state index is 0.373. The summed E-state index contributed by atoms with van der Waals surface area (Å²) in [6, 6.07) is 3.58. The lowest BCUT2D eigenvalue weighted by molar-refractivity contribution is -0.157. The van der Waals surface area contributed by atoms with Crippen LogP contribution in [0.5, 0.6) is 0 Å². The number of hydrogen-bond acceptors (Lipinski definition) is 3. The smallest absolute Gasteiger partial charge is 0.318 e. The number of carbonyl (C=O) groups excluding carboxylic acids is 1. The van der Waals surface area contributed by atoms with E-state index in [1.54, 1.807) is 31.6 Å². The van der Waals surface area contributed by atoms with Crippen LogP contribution >= 0.6 is 0 Å². The van der Waals surface area contributed by atoms with E-state index in [1.807, 2.05) is 0 Å². The molecule has 17 heavy (non-hydrogen) atoms. The summed E-state index contributed by atoms with van der Waals surface area (Å²) in [5.41, 5.74) is -0.487. The molecule has 5 nitrogen and oxygen atoms in total. The Morgan fingerprint density at radius 2 is 1.88 bits per heavy atom. The number of hydrogen-bond donors (Lipinski definition) is 1. The predicted octanol–water partition coefficient (Wildman–Crippen LogP) is 1.15. The zero-order valence-electron chi connectivity index (χ0n) is 10.2. The van der Waals surface area contributed by atoms with E-state index < -0.39 is 17.3 Å².